The summed E-state index contributed by atoms with van der Waals surface area (Å²) < 4.78 is 0. The molecule has 0 unspecified atom stereocenters. The van der Waals surface area contributed by atoms with E-state index in [1.807, 2.05) is 0 Å². The van der Waals surface area contributed by atoms with E-state index in [0.29, 0.717) is 23.1 Å². The molecule has 4 rings (SSSR count). The monoisotopic (exact) mass is 434 g/mol. The number of anilines is 4. The normalized spacial score (nSPS) is 13.8. The Hall–Kier alpha value is -4.28. The Labute approximate surface area is 184 Å². The summed E-state index contributed by atoms with van der Waals surface area (Å²) in [6.07, 6.45) is 4.85. The number of piperidine rings is 1. The van der Waals surface area contributed by atoms with E-state index >= 15 is 0 Å². The van der Waals surface area contributed by atoms with Gasteiger partial charge < -0.3 is 15.3 Å². The smallest absolute Gasteiger partial charge is 0.269 e. The van der Waals surface area contributed by atoms with Crippen molar-refractivity contribution in [1.29, 1.82) is 0 Å². The molecule has 32 heavy (non-hydrogen) atoms. The Morgan fingerprint density at radius 3 is 2.50 bits per heavy atom. The van der Waals surface area contributed by atoms with Gasteiger partial charge in [0.1, 0.15) is 5.75 Å². The van der Waals surface area contributed by atoms with Crippen molar-refractivity contribution < 1.29 is 10.0 Å². The van der Waals surface area contributed by atoms with Gasteiger partial charge in [-0.25, -0.2) is 5.43 Å². The number of nitrogens with one attached hydrogen (secondary N) is 2. The first-order valence-corrected chi connectivity index (χ1v) is 10.2. The van der Waals surface area contributed by atoms with Crippen LogP contribution in [0.2, 0.25) is 0 Å². The molecule has 1 saturated heterocycles. The SMILES string of the molecule is O=[N+]([O-])c1ccc(Nc2nc(NN=Cc3cccc(O)c3)nc(N3CCCCC3)n2)cc1. The van der Waals surface area contributed by atoms with Crippen molar-refractivity contribution in [2.45, 2.75) is 19.3 Å². The lowest BCUT2D eigenvalue weighted by molar-refractivity contribution is -0.384. The standard InChI is InChI=1S/C21H22N8O3/c30-18-6-4-5-15(13-18)14-22-27-20-24-19(23-16-7-9-17(10-8-16)29(31)32)25-21(26-20)28-11-2-1-3-12-28/h4-10,13-14,30H,1-3,11-12H2,(H2,23,24,25,26,27). The first-order valence-electron chi connectivity index (χ1n) is 10.2. The Morgan fingerprint density at radius 1 is 1.03 bits per heavy atom. The molecular weight excluding hydrogens is 412 g/mol. The molecule has 0 spiro atoms. The first-order chi connectivity index (χ1) is 15.6. The van der Waals surface area contributed by atoms with Crippen LogP contribution >= 0.6 is 0 Å². The van der Waals surface area contributed by atoms with E-state index in [0.717, 1.165) is 25.9 Å². The number of aromatic nitrogens is 3. The van der Waals surface area contributed by atoms with E-state index in [1.165, 1.54) is 18.6 Å². The van der Waals surface area contributed by atoms with Crippen molar-refractivity contribution in [3.05, 3.63) is 64.2 Å². The fourth-order valence-corrected chi connectivity index (χ4v) is 3.27. The van der Waals surface area contributed by atoms with Crippen LogP contribution in [0.5, 0.6) is 5.75 Å². The number of hydrazone groups is 1. The lowest BCUT2D eigenvalue weighted by atomic mass is 10.1. The average Bonchev–Trinajstić information content (AvgIpc) is 2.80. The Balaban J connectivity index is 1.56. The van der Waals surface area contributed by atoms with Crippen molar-refractivity contribution in [2.24, 2.45) is 5.10 Å². The maximum atomic E-state index is 10.9. The second-order valence-electron chi connectivity index (χ2n) is 7.22. The second-order valence-corrected chi connectivity index (χ2v) is 7.22. The van der Waals surface area contributed by atoms with Gasteiger partial charge in [-0.1, -0.05) is 12.1 Å². The molecule has 164 valence electrons. The third kappa shape index (κ3) is 5.45. The summed E-state index contributed by atoms with van der Waals surface area (Å²) in [7, 11) is 0. The molecule has 11 heteroatoms. The van der Waals surface area contributed by atoms with Crippen molar-refractivity contribution in [1.82, 2.24) is 15.0 Å². The number of hydrogen-bond acceptors (Lipinski definition) is 10. The Bertz CT molecular complexity index is 1110. The van der Waals surface area contributed by atoms with Gasteiger partial charge in [0.15, 0.2) is 0 Å². The summed E-state index contributed by atoms with van der Waals surface area (Å²) in [6, 6.07) is 12.7. The zero-order valence-electron chi connectivity index (χ0n) is 17.2. The zero-order valence-corrected chi connectivity index (χ0v) is 17.2. The van der Waals surface area contributed by atoms with Gasteiger partial charge in [0.05, 0.1) is 11.1 Å². The molecule has 1 fully saturated rings. The van der Waals surface area contributed by atoms with Crippen LogP contribution in [0.3, 0.4) is 0 Å². The summed E-state index contributed by atoms with van der Waals surface area (Å²) in [5.41, 5.74) is 4.14. The summed E-state index contributed by atoms with van der Waals surface area (Å²) >= 11 is 0. The number of benzene rings is 2. The van der Waals surface area contributed by atoms with E-state index in [-0.39, 0.29) is 17.4 Å². The molecule has 0 aliphatic carbocycles. The number of nitrogens with zero attached hydrogens (tertiary/aromatic N) is 6. The molecule has 3 aromatic rings. The number of rotatable bonds is 7. The molecule has 0 bridgehead atoms. The number of phenols is 1. The van der Waals surface area contributed by atoms with E-state index in [9.17, 15) is 15.2 Å². The van der Waals surface area contributed by atoms with Gasteiger partial charge in [-0.15, -0.1) is 0 Å². The summed E-state index contributed by atoms with van der Waals surface area (Å²) in [4.78, 5) is 25.9. The van der Waals surface area contributed by atoms with Crippen LogP contribution in [-0.2, 0) is 0 Å². The number of nitro groups is 1. The number of hydrogen-bond donors (Lipinski definition) is 3. The third-order valence-corrected chi connectivity index (χ3v) is 4.85. The van der Waals surface area contributed by atoms with Gasteiger partial charge >= 0.3 is 0 Å². The summed E-state index contributed by atoms with van der Waals surface area (Å²) in [5.74, 6) is 1.22. The maximum absolute atomic E-state index is 10.9. The highest BCUT2D eigenvalue weighted by molar-refractivity contribution is 5.80. The molecule has 1 aliphatic rings. The van der Waals surface area contributed by atoms with Gasteiger partial charge in [0.25, 0.3) is 5.69 Å². The van der Waals surface area contributed by atoms with E-state index < -0.39 is 4.92 Å². The van der Waals surface area contributed by atoms with Gasteiger partial charge in [0, 0.05) is 30.9 Å². The van der Waals surface area contributed by atoms with Crippen LogP contribution in [0.4, 0.5) is 29.2 Å². The van der Waals surface area contributed by atoms with Crippen molar-refractivity contribution in [2.75, 3.05) is 28.7 Å². The topological polar surface area (TPSA) is 142 Å². The highest BCUT2D eigenvalue weighted by Gasteiger charge is 2.16. The van der Waals surface area contributed by atoms with Gasteiger partial charge in [-0.05, 0) is 49.1 Å². The highest BCUT2D eigenvalue weighted by Crippen LogP contribution is 2.22. The van der Waals surface area contributed by atoms with E-state index in [2.05, 4.69) is 35.7 Å². The van der Waals surface area contributed by atoms with Crippen LogP contribution < -0.4 is 15.6 Å². The quantitative estimate of drug-likeness (QED) is 0.288. The number of non-ortho nitro benzene ring substituents is 1. The number of phenolic OH excluding ortho intramolecular Hbond substituents is 1. The molecule has 2 aromatic carbocycles. The molecule has 2 heterocycles. The predicted molar refractivity (Wildman–Crippen MR) is 122 cm³/mol. The van der Waals surface area contributed by atoms with Crippen LogP contribution in [0.25, 0.3) is 0 Å². The first kappa shape index (κ1) is 21.0. The van der Waals surface area contributed by atoms with Gasteiger partial charge in [-0.2, -0.15) is 20.1 Å². The minimum absolute atomic E-state index is 0.00356. The molecule has 1 aromatic heterocycles. The lowest BCUT2D eigenvalue weighted by Gasteiger charge is -2.26. The molecule has 0 amide bonds. The molecule has 0 saturated carbocycles. The van der Waals surface area contributed by atoms with Crippen LogP contribution in [-0.4, -0.2) is 44.3 Å². The molecule has 0 atom stereocenters. The van der Waals surface area contributed by atoms with Crippen LogP contribution in [0, 0.1) is 10.1 Å². The minimum atomic E-state index is -0.451. The third-order valence-electron chi connectivity index (χ3n) is 4.85. The Kier molecular flexibility index (Phi) is 6.35. The van der Waals surface area contributed by atoms with Crippen molar-refractivity contribution >= 4 is 35.4 Å². The Morgan fingerprint density at radius 2 is 1.78 bits per heavy atom. The number of aromatic hydroxyl groups is 1. The maximum Gasteiger partial charge on any atom is 0.269 e. The minimum Gasteiger partial charge on any atom is -0.508 e. The molecule has 0 radical (unpaired) electrons. The summed E-state index contributed by atoms with van der Waals surface area (Å²) in [5, 5.41) is 27.7. The van der Waals surface area contributed by atoms with Crippen molar-refractivity contribution in [3.63, 3.8) is 0 Å². The lowest BCUT2D eigenvalue weighted by Crippen LogP contribution is -2.31. The van der Waals surface area contributed by atoms with Crippen LogP contribution in [0.15, 0.2) is 53.6 Å². The van der Waals surface area contributed by atoms with Gasteiger partial charge in [-0.3, -0.25) is 10.1 Å². The highest BCUT2D eigenvalue weighted by atomic mass is 16.6. The molecule has 11 nitrogen and oxygen atoms in total. The average molecular weight is 434 g/mol. The van der Waals surface area contributed by atoms with Gasteiger partial charge in [0.2, 0.25) is 17.8 Å². The number of nitro benzene ring substituents is 1. The molecular formula is C21H22N8O3. The zero-order chi connectivity index (χ0) is 22.3. The molecule has 3 N–H and O–H groups in total. The predicted octanol–water partition coefficient (Wildman–Crippen LogP) is 3.67. The van der Waals surface area contributed by atoms with Crippen molar-refractivity contribution in [3.8, 4) is 5.75 Å². The largest absolute Gasteiger partial charge is 0.508 e. The van der Waals surface area contributed by atoms with E-state index in [4.69, 9.17) is 0 Å². The fourth-order valence-electron chi connectivity index (χ4n) is 3.27. The molecule has 1 aliphatic heterocycles. The van der Waals surface area contributed by atoms with E-state index in [1.54, 1.807) is 42.6 Å². The van der Waals surface area contributed by atoms with Crippen LogP contribution in [0.1, 0.15) is 24.8 Å². The fraction of sp³-hybridized carbons (Fsp3) is 0.238. The summed E-state index contributed by atoms with van der Waals surface area (Å²) in [6.45, 7) is 1.71. The second kappa shape index (κ2) is 9.69.